The van der Waals surface area contributed by atoms with E-state index in [1.54, 1.807) is 18.3 Å². The van der Waals surface area contributed by atoms with Gasteiger partial charge < -0.3 is 5.11 Å². The number of hydrogen-bond donors (Lipinski definition) is 1. The lowest BCUT2D eigenvalue weighted by atomic mass is 9.99. The molecular weight excluding hydrogens is 317 g/mol. The predicted octanol–water partition coefficient (Wildman–Crippen LogP) is 5.37. The van der Waals surface area contributed by atoms with Gasteiger partial charge >= 0.3 is 6.18 Å². The number of rotatable bonds is 2. The molecule has 110 valence electrons. The van der Waals surface area contributed by atoms with Crippen LogP contribution in [0.2, 0.25) is 0 Å². The molecule has 0 saturated heterocycles. The van der Waals surface area contributed by atoms with Crippen molar-refractivity contribution in [3.05, 3.63) is 57.3 Å². The Kier molecular flexibility index (Phi) is 3.55. The van der Waals surface area contributed by atoms with E-state index in [0.29, 0.717) is 11.1 Å². The van der Waals surface area contributed by atoms with Crippen LogP contribution in [-0.4, -0.2) is 5.11 Å². The molecule has 1 unspecified atom stereocenters. The van der Waals surface area contributed by atoms with Crippen molar-refractivity contribution >= 4 is 32.1 Å². The smallest absolute Gasteiger partial charge is 0.383 e. The molecule has 1 atom stereocenters. The zero-order valence-electron chi connectivity index (χ0n) is 10.9. The van der Waals surface area contributed by atoms with Gasteiger partial charge in [0.2, 0.25) is 0 Å². The highest BCUT2D eigenvalue weighted by Gasteiger charge is 2.31. The summed E-state index contributed by atoms with van der Waals surface area (Å²) in [5.41, 5.74) is 0.258. The van der Waals surface area contributed by atoms with Crippen LogP contribution >= 0.6 is 22.7 Å². The highest BCUT2D eigenvalue weighted by molar-refractivity contribution is 7.26. The van der Waals surface area contributed by atoms with Crippen LogP contribution in [0.1, 0.15) is 27.7 Å². The summed E-state index contributed by atoms with van der Waals surface area (Å²) in [6.45, 7) is 1.59. The van der Waals surface area contributed by atoms with Gasteiger partial charge in [0.05, 0.1) is 5.56 Å². The van der Waals surface area contributed by atoms with Crippen molar-refractivity contribution in [2.45, 2.75) is 19.2 Å². The Morgan fingerprint density at radius 3 is 2.48 bits per heavy atom. The van der Waals surface area contributed by atoms with Gasteiger partial charge in [-0.1, -0.05) is 6.07 Å². The minimum atomic E-state index is -4.36. The Balaban J connectivity index is 1.97. The Hall–Kier alpha value is -1.37. The van der Waals surface area contributed by atoms with Gasteiger partial charge in [-0.25, -0.2) is 0 Å². The first-order valence-corrected chi connectivity index (χ1v) is 7.88. The van der Waals surface area contributed by atoms with E-state index in [2.05, 4.69) is 0 Å². The first kappa shape index (κ1) is 14.6. The van der Waals surface area contributed by atoms with Gasteiger partial charge in [0.25, 0.3) is 0 Å². The molecular formula is C15H11F3OS2. The normalized spacial score (nSPS) is 13.8. The molecule has 0 radical (unpaired) electrons. The number of alkyl halides is 3. The minimum absolute atomic E-state index is 0.439. The summed E-state index contributed by atoms with van der Waals surface area (Å²) in [5, 5.41) is 12.4. The quantitative estimate of drug-likeness (QED) is 0.670. The summed E-state index contributed by atoms with van der Waals surface area (Å²) in [7, 11) is 0. The molecule has 1 nitrogen and oxygen atoms in total. The molecule has 0 saturated carbocycles. The largest absolute Gasteiger partial charge is 0.416 e. The van der Waals surface area contributed by atoms with Gasteiger partial charge in [0.15, 0.2) is 0 Å². The monoisotopic (exact) mass is 328 g/mol. The van der Waals surface area contributed by atoms with Crippen molar-refractivity contribution in [2.24, 2.45) is 0 Å². The van der Waals surface area contributed by atoms with Crippen LogP contribution in [0.25, 0.3) is 9.40 Å². The van der Waals surface area contributed by atoms with Gasteiger partial charge in [-0.15, -0.1) is 22.7 Å². The average molecular weight is 328 g/mol. The Labute approximate surface area is 127 Å². The lowest BCUT2D eigenvalue weighted by Gasteiger charge is -2.14. The van der Waals surface area contributed by atoms with Crippen LogP contribution < -0.4 is 0 Å². The highest BCUT2D eigenvalue weighted by atomic mass is 32.1. The van der Waals surface area contributed by atoms with Crippen molar-refractivity contribution in [2.75, 3.05) is 0 Å². The van der Waals surface area contributed by atoms with Gasteiger partial charge in [0.1, 0.15) is 6.10 Å². The van der Waals surface area contributed by atoms with Crippen molar-refractivity contribution in [3.8, 4) is 0 Å². The topological polar surface area (TPSA) is 20.2 Å². The third kappa shape index (κ3) is 2.71. The summed E-state index contributed by atoms with van der Waals surface area (Å²) in [6.07, 6.45) is -5.25. The summed E-state index contributed by atoms with van der Waals surface area (Å²) < 4.78 is 40.2. The SMILES string of the molecule is Cc1cc(C(F)(F)F)ccc1C(O)c1cc2sccc2s1. The minimum Gasteiger partial charge on any atom is -0.383 e. The Morgan fingerprint density at radius 2 is 1.86 bits per heavy atom. The molecule has 3 rings (SSSR count). The maximum absolute atomic E-state index is 12.7. The average Bonchev–Trinajstić information content (AvgIpc) is 2.97. The van der Waals surface area contributed by atoms with Gasteiger partial charge in [-0.3, -0.25) is 0 Å². The molecule has 2 aromatic heterocycles. The van der Waals surface area contributed by atoms with Crippen LogP contribution in [0, 0.1) is 6.92 Å². The Morgan fingerprint density at radius 1 is 1.10 bits per heavy atom. The van der Waals surface area contributed by atoms with Crippen LogP contribution in [0.3, 0.4) is 0 Å². The molecule has 0 fully saturated rings. The maximum atomic E-state index is 12.7. The zero-order chi connectivity index (χ0) is 15.2. The number of fused-ring (bicyclic) bond motifs is 1. The number of aryl methyl sites for hydroxylation is 1. The number of halogens is 3. The van der Waals surface area contributed by atoms with E-state index < -0.39 is 17.8 Å². The molecule has 6 heteroatoms. The molecule has 0 aliphatic heterocycles. The second kappa shape index (κ2) is 5.12. The molecule has 1 N–H and O–H groups in total. The van der Waals surface area contributed by atoms with E-state index in [1.165, 1.54) is 17.4 Å². The fourth-order valence-electron chi connectivity index (χ4n) is 2.23. The van der Waals surface area contributed by atoms with Crippen molar-refractivity contribution in [1.82, 2.24) is 0 Å². The molecule has 0 bridgehead atoms. The molecule has 21 heavy (non-hydrogen) atoms. The van der Waals surface area contributed by atoms with Crippen molar-refractivity contribution in [1.29, 1.82) is 0 Å². The molecule has 2 heterocycles. The number of thiophene rings is 2. The van der Waals surface area contributed by atoms with Crippen LogP contribution in [0.15, 0.2) is 35.7 Å². The third-order valence-corrected chi connectivity index (χ3v) is 5.47. The third-order valence-electron chi connectivity index (χ3n) is 3.32. The van der Waals surface area contributed by atoms with Crippen molar-refractivity contribution < 1.29 is 18.3 Å². The first-order chi connectivity index (χ1) is 9.86. The second-order valence-electron chi connectivity index (χ2n) is 4.77. The first-order valence-electron chi connectivity index (χ1n) is 6.19. The lowest BCUT2D eigenvalue weighted by molar-refractivity contribution is -0.137. The molecule has 1 aromatic carbocycles. The molecule has 0 aliphatic carbocycles. The Bertz CT molecular complexity index is 757. The van der Waals surface area contributed by atoms with E-state index in [9.17, 15) is 18.3 Å². The van der Waals surface area contributed by atoms with E-state index in [-0.39, 0.29) is 0 Å². The summed E-state index contributed by atoms with van der Waals surface area (Å²) in [6, 6.07) is 7.32. The summed E-state index contributed by atoms with van der Waals surface area (Å²) in [5.74, 6) is 0. The number of benzene rings is 1. The fourth-order valence-corrected chi connectivity index (χ4v) is 4.36. The second-order valence-corrected chi connectivity index (χ2v) is 6.83. The fraction of sp³-hybridized carbons (Fsp3) is 0.200. The van der Waals surface area contributed by atoms with E-state index in [1.807, 2.05) is 17.5 Å². The molecule has 3 aromatic rings. The predicted molar refractivity (Wildman–Crippen MR) is 79.9 cm³/mol. The van der Waals surface area contributed by atoms with Gasteiger partial charge in [-0.2, -0.15) is 13.2 Å². The number of aliphatic hydroxyl groups excluding tert-OH is 1. The number of hydrogen-bond acceptors (Lipinski definition) is 3. The summed E-state index contributed by atoms with van der Waals surface area (Å²) >= 11 is 3.04. The molecule has 0 aliphatic rings. The van der Waals surface area contributed by atoms with Gasteiger partial charge in [-0.05, 0) is 47.7 Å². The van der Waals surface area contributed by atoms with E-state index in [0.717, 1.165) is 26.4 Å². The van der Waals surface area contributed by atoms with E-state index >= 15 is 0 Å². The van der Waals surface area contributed by atoms with Crippen LogP contribution in [-0.2, 0) is 6.18 Å². The van der Waals surface area contributed by atoms with Gasteiger partial charge in [0, 0.05) is 14.3 Å². The van der Waals surface area contributed by atoms with Crippen LogP contribution in [0.5, 0.6) is 0 Å². The number of aliphatic hydroxyl groups is 1. The molecule has 0 amide bonds. The maximum Gasteiger partial charge on any atom is 0.416 e. The zero-order valence-corrected chi connectivity index (χ0v) is 12.6. The van der Waals surface area contributed by atoms with E-state index in [4.69, 9.17) is 0 Å². The highest BCUT2D eigenvalue weighted by Crippen LogP contribution is 2.38. The molecule has 0 spiro atoms. The van der Waals surface area contributed by atoms with Crippen LogP contribution in [0.4, 0.5) is 13.2 Å². The standard InChI is InChI=1S/C15H11F3OS2/c1-8-6-9(15(16,17)18)2-3-10(8)14(19)13-7-12-11(21-13)4-5-20-12/h2-7,14,19H,1H3. The lowest BCUT2D eigenvalue weighted by Crippen LogP contribution is -2.07. The van der Waals surface area contributed by atoms with Crippen molar-refractivity contribution in [3.63, 3.8) is 0 Å². The summed E-state index contributed by atoms with van der Waals surface area (Å²) in [4.78, 5) is 0.750.